The van der Waals surface area contributed by atoms with Crippen molar-refractivity contribution in [1.29, 1.82) is 0 Å². The molecule has 0 aliphatic heterocycles. The van der Waals surface area contributed by atoms with E-state index >= 15 is 0 Å². The largest absolute Gasteiger partial charge is 0.483 e. The molecule has 2 amide bonds. The van der Waals surface area contributed by atoms with Crippen LogP contribution in [-0.4, -0.2) is 24.2 Å². The summed E-state index contributed by atoms with van der Waals surface area (Å²) in [4.78, 5) is 36.3. The topological polar surface area (TPSA) is 84.5 Å². The van der Waals surface area contributed by atoms with Crippen LogP contribution in [0.4, 0.5) is 0 Å². The molecule has 0 fully saturated rings. The molecule has 0 radical (unpaired) electrons. The first-order valence-electron chi connectivity index (χ1n) is 10.5. The zero-order chi connectivity index (χ0) is 22.8. The second-order valence-electron chi connectivity index (χ2n) is 7.22. The van der Waals surface area contributed by atoms with Gasteiger partial charge < -0.3 is 4.74 Å². The van der Waals surface area contributed by atoms with Crippen LogP contribution < -0.4 is 15.6 Å². The van der Waals surface area contributed by atoms with Crippen molar-refractivity contribution in [2.75, 3.05) is 6.61 Å². The summed E-state index contributed by atoms with van der Waals surface area (Å²) in [6.07, 6.45) is 0.943. The van der Waals surface area contributed by atoms with Gasteiger partial charge in [0.25, 0.3) is 5.91 Å². The Morgan fingerprint density at radius 1 is 0.750 bits per heavy atom. The number of hydrogen-bond acceptors (Lipinski definition) is 4. The maximum Gasteiger partial charge on any atom is 0.276 e. The summed E-state index contributed by atoms with van der Waals surface area (Å²) in [6.45, 7) is 1.79. The van der Waals surface area contributed by atoms with Gasteiger partial charge in [-0.3, -0.25) is 25.2 Å². The first-order valence-corrected chi connectivity index (χ1v) is 10.5. The van der Waals surface area contributed by atoms with Gasteiger partial charge in [0.1, 0.15) is 5.75 Å². The molecule has 6 heteroatoms. The van der Waals surface area contributed by atoms with Crippen LogP contribution in [0.25, 0.3) is 11.1 Å². The van der Waals surface area contributed by atoms with E-state index in [1.165, 1.54) is 0 Å². The van der Waals surface area contributed by atoms with Crippen LogP contribution in [-0.2, 0) is 16.0 Å². The number of amides is 2. The van der Waals surface area contributed by atoms with Gasteiger partial charge in [-0.15, -0.1) is 0 Å². The average molecular weight is 431 g/mol. The molecule has 0 aliphatic carbocycles. The molecule has 164 valence electrons. The number of Topliss-reactive ketones (excluding diaryl/α,β-unsaturated/α-hetero) is 1. The normalized spacial score (nSPS) is 10.3. The van der Waals surface area contributed by atoms with E-state index in [0.29, 0.717) is 11.3 Å². The van der Waals surface area contributed by atoms with Crippen LogP contribution in [0.5, 0.6) is 5.75 Å². The van der Waals surface area contributed by atoms with E-state index in [1.54, 1.807) is 18.2 Å². The Labute approximate surface area is 187 Å². The number of hydrogen-bond donors (Lipinski definition) is 2. The Bertz CT molecular complexity index is 1060. The van der Waals surface area contributed by atoms with Gasteiger partial charge in [0.15, 0.2) is 12.4 Å². The van der Waals surface area contributed by atoms with Crippen molar-refractivity contribution in [2.45, 2.75) is 26.2 Å². The second-order valence-corrected chi connectivity index (χ2v) is 7.22. The van der Waals surface area contributed by atoms with Crippen molar-refractivity contribution in [1.82, 2.24) is 10.9 Å². The average Bonchev–Trinajstić information content (AvgIpc) is 2.85. The summed E-state index contributed by atoms with van der Waals surface area (Å²) in [5.74, 6) is -0.487. The fraction of sp³-hybridized carbons (Fsp3) is 0.192. The molecular formula is C26H26N2O4. The maximum atomic E-state index is 12.2. The molecule has 32 heavy (non-hydrogen) atoms. The van der Waals surface area contributed by atoms with E-state index in [1.807, 2.05) is 67.6 Å². The maximum absolute atomic E-state index is 12.2. The van der Waals surface area contributed by atoms with Crippen molar-refractivity contribution in [3.63, 3.8) is 0 Å². The predicted octanol–water partition coefficient (Wildman–Crippen LogP) is 4.11. The minimum atomic E-state index is -0.498. The molecule has 3 aromatic rings. The highest BCUT2D eigenvalue weighted by atomic mass is 16.5. The fourth-order valence-electron chi connectivity index (χ4n) is 3.13. The van der Waals surface area contributed by atoms with Gasteiger partial charge in [0.2, 0.25) is 5.91 Å². The van der Waals surface area contributed by atoms with Crippen molar-refractivity contribution in [3.8, 4) is 16.9 Å². The molecule has 0 aromatic heterocycles. The van der Waals surface area contributed by atoms with E-state index in [-0.39, 0.29) is 25.2 Å². The van der Waals surface area contributed by atoms with Crippen LogP contribution in [0.3, 0.4) is 0 Å². The summed E-state index contributed by atoms with van der Waals surface area (Å²) in [5.41, 5.74) is 8.21. The summed E-state index contributed by atoms with van der Waals surface area (Å²) < 4.78 is 5.64. The third-order valence-electron chi connectivity index (χ3n) is 4.94. The predicted molar refractivity (Wildman–Crippen MR) is 123 cm³/mol. The lowest BCUT2D eigenvalue weighted by molar-refractivity contribution is -0.130. The molecule has 3 aromatic carbocycles. The molecule has 0 atom stereocenters. The van der Waals surface area contributed by atoms with Gasteiger partial charge in [-0.1, -0.05) is 79.7 Å². The van der Waals surface area contributed by atoms with Crippen LogP contribution in [0.15, 0.2) is 78.9 Å². The zero-order valence-corrected chi connectivity index (χ0v) is 18.0. The van der Waals surface area contributed by atoms with Crippen molar-refractivity contribution < 1.29 is 19.1 Å². The third kappa shape index (κ3) is 6.54. The SMILES string of the molecule is CCc1ccc(C(=O)CCC(=O)NNC(=O)COc2ccccc2-c2ccccc2)cc1. The van der Waals surface area contributed by atoms with Crippen LogP contribution in [0.2, 0.25) is 0 Å². The number of para-hydroxylation sites is 1. The molecule has 6 nitrogen and oxygen atoms in total. The number of nitrogens with one attached hydrogen (secondary N) is 2. The Balaban J connectivity index is 1.42. The molecular weight excluding hydrogens is 404 g/mol. The number of carbonyl (C=O) groups excluding carboxylic acids is 3. The van der Waals surface area contributed by atoms with Crippen molar-refractivity contribution in [3.05, 3.63) is 90.0 Å². The number of ketones is 1. The smallest absolute Gasteiger partial charge is 0.276 e. The van der Waals surface area contributed by atoms with E-state index in [4.69, 9.17) is 4.74 Å². The Morgan fingerprint density at radius 3 is 2.12 bits per heavy atom. The first-order chi connectivity index (χ1) is 15.6. The standard InChI is InChI=1S/C26H26N2O4/c1-2-19-12-14-21(15-13-19)23(29)16-17-25(30)27-28-26(31)18-32-24-11-7-6-10-22(24)20-8-4-3-5-9-20/h3-15H,2,16-18H2,1H3,(H,27,30)(H,28,31). The highest BCUT2D eigenvalue weighted by Crippen LogP contribution is 2.29. The van der Waals surface area contributed by atoms with Crippen LogP contribution in [0.1, 0.15) is 35.7 Å². The molecule has 2 N–H and O–H groups in total. The Morgan fingerprint density at radius 2 is 1.41 bits per heavy atom. The van der Waals surface area contributed by atoms with Crippen molar-refractivity contribution in [2.24, 2.45) is 0 Å². The number of benzene rings is 3. The quantitative estimate of drug-likeness (QED) is 0.395. The fourth-order valence-corrected chi connectivity index (χ4v) is 3.13. The number of aryl methyl sites for hydroxylation is 1. The monoisotopic (exact) mass is 430 g/mol. The van der Waals surface area contributed by atoms with Gasteiger partial charge in [0.05, 0.1) is 0 Å². The van der Waals surface area contributed by atoms with E-state index in [0.717, 1.165) is 23.1 Å². The molecule has 0 spiro atoms. The second kappa shape index (κ2) is 11.5. The number of hydrazine groups is 1. The van der Waals surface area contributed by atoms with Crippen LogP contribution in [0, 0.1) is 0 Å². The Hall–Kier alpha value is -3.93. The highest BCUT2D eigenvalue weighted by molar-refractivity contribution is 5.98. The third-order valence-corrected chi connectivity index (χ3v) is 4.94. The summed E-state index contributed by atoms with van der Waals surface area (Å²) in [5, 5.41) is 0. The minimum Gasteiger partial charge on any atom is -0.483 e. The molecule has 0 heterocycles. The zero-order valence-electron chi connectivity index (χ0n) is 18.0. The van der Waals surface area contributed by atoms with E-state index in [2.05, 4.69) is 10.9 Å². The summed E-state index contributed by atoms with van der Waals surface area (Å²) >= 11 is 0. The lowest BCUT2D eigenvalue weighted by Crippen LogP contribution is -2.43. The Kier molecular flexibility index (Phi) is 8.15. The number of rotatable bonds is 9. The minimum absolute atomic E-state index is 0.0215. The molecule has 0 saturated carbocycles. The highest BCUT2D eigenvalue weighted by Gasteiger charge is 2.12. The van der Waals surface area contributed by atoms with Gasteiger partial charge in [-0.05, 0) is 23.6 Å². The van der Waals surface area contributed by atoms with Gasteiger partial charge in [-0.25, -0.2) is 0 Å². The van der Waals surface area contributed by atoms with Gasteiger partial charge >= 0.3 is 0 Å². The molecule has 3 rings (SSSR count). The molecule has 0 aliphatic rings. The molecule has 0 bridgehead atoms. The first kappa shape index (κ1) is 22.7. The summed E-state index contributed by atoms with van der Waals surface area (Å²) in [6, 6.07) is 24.5. The van der Waals surface area contributed by atoms with E-state index < -0.39 is 11.8 Å². The van der Waals surface area contributed by atoms with Crippen LogP contribution >= 0.6 is 0 Å². The number of ether oxygens (including phenoxy) is 1. The van der Waals surface area contributed by atoms with Crippen molar-refractivity contribution >= 4 is 17.6 Å². The number of carbonyl (C=O) groups is 3. The van der Waals surface area contributed by atoms with Gasteiger partial charge in [0, 0.05) is 24.0 Å². The summed E-state index contributed by atoms with van der Waals surface area (Å²) in [7, 11) is 0. The molecule has 0 unspecified atom stereocenters. The molecule has 0 saturated heterocycles. The van der Waals surface area contributed by atoms with Gasteiger partial charge in [-0.2, -0.15) is 0 Å². The lowest BCUT2D eigenvalue weighted by atomic mass is 10.0. The van der Waals surface area contributed by atoms with E-state index in [9.17, 15) is 14.4 Å². The lowest BCUT2D eigenvalue weighted by Gasteiger charge is -2.12.